The fourth-order valence-electron chi connectivity index (χ4n) is 3.06. The Bertz CT molecular complexity index is 1120. The molecule has 0 spiro atoms. The summed E-state index contributed by atoms with van der Waals surface area (Å²) in [5.74, 6) is 2.18. The molecule has 0 aromatic heterocycles. The first-order valence-electron chi connectivity index (χ1n) is 11.9. The van der Waals surface area contributed by atoms with Gasteiger partial charge in [0.1, 0.15) is 18.1 Å². The second-order valence-corrected chi connectivity index (χ2v) is 8.25. The Balaban J connectivity index is 1.47. The number of amides is 1. The third kappa shape index (κ3) is 9.15. The molecule has 1 amide bonds. The molecule has 0 heterocycles. The second-order valence-electron chi connectivity index (χ2n) is 7.81. The van der Waals surface area contributed by atoms with Gasteiger partial charge in [-0.15, -0.1) is 0 Å². The van der Waals surface area contributed by atoms with Crippen LogP contribution in [0.3, 0.4) is 0 Å². The third-order valence-corrected chi connectivity index (χ3v) is 5.19. The number of nitrogens with one attached hydrogen (secondary N) is 1. The molecule has 0 saturated carbocycles. The summed E-state index contributed by atoms with van der Waals surface area (Å²) in [5.41, 5.74) is 4.20. The molecule has 0 unspecified atom stereocenters. The summed E-state index contributed by atoms with van der Waals surface area (Å²) in [6.07, 6.45) is 3.62. The number of hydrogen-bond donors (Lipinski definition) is 1. The normalized spacial score (nSPS) is 10.8. The van der Waals surface area contributed by atoms with Gasteiger partial charge in [-0.3, -0.25) is 4.79 Å². The Morgan fingerprint density at radius 3 is 2.31 bits per heavy atom. The molecule has 0 radical (unpaired) electrons. The zero-order chi connectivity index (χ0) is 25.6. The highest BCUT2D eigenvalue weighted by Crippen LogP contribution is 2.29. The number of hydrazone groups is 1. The Labute approximate surface area is 217 Å². The van der Waals surface area contributed by atoms with Crippen LogP contribution in [0.5, 0.6) is 23.0 Å². The summed E-state index contributed by atoms with van der Waals surface area (Å²) in [6.45, 7) is 5.41. The molecule has 3 aromatic rings. The van der Waals surface area contributed by atoms with E-state index in [1.54, 1.807) is 18.2 Å². The van der Waals surface area contributed by atoms with Gasteiger partial charge >= 0.3 is 0 Å². The molecule has 0 bridgehead atoms. The zero-order valence-electron chi connectivity index (χ0n) is 20.5. The first kappa shape index (κ1) is 26.9. The van der Waals surface area contributed by atoms with E-state index in [1.165, 1.54) is 6.21 Å². The van der Waals surface area contributed by atoms with Crippen LogP contribution >= 0.6 is 11.6 Å². The molecule has 1 N–H and O–H groups in total. The van der Waals surface area contributed by atoms with Crippen LogP contribution in [0.2, 0.25) is 5.02 Å². The van der Waals surface area contributed by atoms with Crippen LogP contribution in [0.1, 0.15) is 37.8 Å². The van der Waals surface area contributed by atoms with Crippen LogP contribution in [0.25, 0.3) is 0 Å². The highest BCUT2D eigenvalue weighted by Gasteiger charge is 2.07. The minimum absolute atomic E-state index is 0.158. The van der Waals surface area contributed by atoms with Gasteiger partial charge in [-0.05, 0) is 79.1 Å². The van der Waals surface area contributed by atoms with E-state index in [4.69, 9.17) is 30.5 Å². The average molecular weight is 511 g/mol. The SMILES string of the molecule is CCCCOc1ccc(OCC(=O)N/N=C/c2ccc(OCc3ccc(Cl)cc3)c(OCC)c2)cc1. The maximum absolute atomic E-state index is 12.1. The molecule has 0 saturated heterocycles. The van der Waals surface area contributed by atoms with Gasteiger partial charge in [-0.2, -0.15) is 5.10 Å². The largest absolute Gasteiger partial charge is 0.494 e. The van der Waals surface area contributed by atoms with Gasteiger partial charge in [0.25, 0.3) is 5.91 Å². The minimum Gasteiger partial charge on any atom is -0.494 e. The van der Waals surface area contributed by atoms with E-state index >= 15 is 0 Å². The monoisotopic (exact) mass is 510 g/mol. The molecule has 0 aliphatic rings. The van der Waals surface area contributed by atoms with E-state index in [9.17, 15) is 4.79 Å². The summed E-state index contributed by atoms with van der Waals surface area (Å²) in [7, 11) is 0. The van der Waals surface area contributed by atoms with Crippen molar-refractivity contribution in [3.63, 3.8) is 0 Å². The molecule has 190 valence electrons. The van der Waals surface area contributed by atoms with Crippen LogP contribution in [0, 0.1) is 0 Å². The highest BCUT2D eigenvalue weighted by atomic mass is 35.5. The summed E-state index contributed by atoms with van der Waals surface area (Å²) in [6, 6.07) is 20.1. The van der Waals surface area contributed by atoms with Crippen molar-refractivity contribution < 1.29 is 23.7 Å². The number of carbonyl (C=O) groups excluding carboxylic acids is 1. The van der Waals surface area contributed by atoms with Crippen molar-refractivity contribution >= 4 is 23.7 Å². The smallest absolute Gasteiger partial charge is 0.277 e. The van der Waals surface area contributed by atoms with E-state index in [-0.39, 0.29) is 12.5 Å². The van der Waals surface area contributed by atoms with Crippen molar-refractivity contribution in [2.24, 2.45) is 5.10 Å². The van der Waals surface area contributed by atoms with Gasteiger partial charge in [0.2, 0.25) is 0 Å². The molecule has 3 aromatic carbocycles. The van der Waals surface area contributed by atoms with E-state index in [0.717, 1.165) is 29.7 Å². The number of benzene rings is 3. The Kier molecular flexibility index (Phi) is 10.9. The standard InChI is InChI=1S/C28H31ClN2O5/c1-3-5-16-34-24-11-13-25(14-12-24)35-20-28(32)31-30-18-22-8-15-26(27(17-22)33-4-2)36-19-21-6-9-23(29)10-7-21/h6-15,17-18H,3-5,16,19-20H2,1-2H3,(H,31,32)/b30-18+. The maximum atomic E-state index is 12.1. The van der Waals surface area contributed by atoms with Gasteiger partial charge in [-0.1, -0.05) is 37.1 Å². The molecule has 0 fully saturated rings. The lowest BCUT2D eigenvalue weighted by molar-refractivity contribution is -0.123. The molecule has 0 atom stereocenters. The van der Waals surface area contributed by atoms with Crippen LogP contribution in [0.4, 0.5) is 0 Å². The number of unbranched alkanes of at least 4 members (excludes halogenated alkanes) is 1. The van der Waals surface area contributed by atoms with Gasteiger partial charge < -0.3 is 18.9 Å². The molecule has 36 heavy (non-hydrogen) atoms. The van der Waals surface area contributed by atoms with Crippen molar-refractivity contribution in [3.05, 3.63) is 82.9 Å². The fraction of sp³-hybridized carbons (Fsp3) is 0.286. The topological polar surface area (TPSA) is 78.4 Å². The van der Waals surface area contributed by atoms with Crippen LogP contribution in [-0.4, -0.2) is 31.9 Å². The van der Waals surface area contributed by atoms with E-state index in [0.29, 0.717) is 42.1 Å². The lowest BCUT2D eigenvalue weighted by Gasteiger charge is -2.12. The van der Waals surface area contributed by atoms with Crippen molar-refractivity contribution in [2.45, 2.75) is 33.3 Å². The number of nitrogens with zero attached hydrogens (tertiary/aromatic N) is 1. The van der Waals surface area contributed by atoms with Gasteiger partial charge in [-0.25, -0.2) is 5.43 Å². The predicted molar refractivity (Wildman–Crippen MR) is 141 cm³/mol. The van der Waals surface area contributed by atoms with Crippen LogP contribution < -0.4 is 24.4 Å². The van der Waals surface area contributed by atoms with Crippen LogP contribution in [-0.2, 0) is 11.4 Å². The number of halogens is 1. The van der Waals surface area contributed by atoms with Crippen molar-refractivity contribution in [1.82, 2.24) is 5.43 Å². The Morgan fingerprint density at radius 2 is 1.61 bits per heavy atom. The predicted octanol–water partition coefficient (Wildman–Crippen LogP) is 6.03. The fourth-order valence-corrected chi connectivity index (χ4v) is 3.19. The van der Waals surface area contributed by atoms with Crippen LogP contribution in [0.15, 0.2) is 71.8 Å². The molecule has 3 rings (SSSR count). The van der Waals surface area contributed by atoms with Gasteiger partial charge in [0.15, 0.2) is 18.1 Å². The average Bonchev–Trinajstić information content (AvgIpc) is 2.89. The van der Waals surface area contributed by atoms with Gasteiger partial charge in [0.05, 0.1) is 19.4 Å². The van der Waals surface area contributed by atoms with Crippen molar-refractivity contribution in [3.8, 4) is 23.0 Å². The minimum atomic E-state index is -0.373. The lowest BCUT2D eigenvalue weighted by Crippen LogP contribution is -2.24. The molecule has 8 heteroatoms. The van der Waals surface area contributed by atoms with Crippen molar-refractivity contribution in [1.29, 1.82) is 0 Å². The lowest BCUT2D eigenvalue weighted by atomic mass is 10.2. The third-order valence-electron chi connectivity index (χ3n) is 4.94. The summed E-state index contributed by atoms with van der Waals surface area (Å²) in [4.78, 5) is 12.1. The quantitative estimate of drug-likeness (QED) is 0.163. The second kappa shape index (κ2) is 14.6. The molecular weight excluding hydrogens is 480 g/mol. The summed E-state index contributed by atoms with van der Waals surface area (Å²) < 4.78 is 22.7. The first-order chi connectivity index (χ1) is 17.6. The molecular formula is C28H31ClN2O5. The van der Waals surface area contributed by atoms with E-state index in [2.05, 4.69) is 17.5 Å². The molecule has 7 nitrogen and oxygen atoms in total. The van der Waals surface area contributed by atoms with E-state index in [1.807, 2.05) is 55.5 Å². The van der Waals surface area contributed by atoms with Gasteiger partial charge in [0, 0.05) is 5.02 Å². The zero-order valence-corrected chi connectivity index (χ0v) is 21.3. The first-order valence-corrected chi connectivity index (χ1v) is 12.3. The molecule has 0 aliphatic carbocycles. The molecule has 0 aliphatic heterocycles. The number of carbonyl (C=O) groups is 1. The highest BCUT2D eigenvalue weighted by molar-refractivity contribution is 6.30. The number of rotatable bonds is 14. The van der Waals surface area contributed by atoms with E-state index < -0.39 is 0 Å². The van der Waals surface area contributed by atoms with Crippen molar-refractivity contribution in [2.75, 3.05) is 19.8 Å². The Hall–Kier alpha value is -3.71. The Morgan fingerprint density at radius 1 is 0.889 bits per heavy atom. The number of hydrogen-bond acceptors (Lipinski definition) is 6. The summed E-state index contributed by atoms with van der Waals surface area (Å²) in [5, 5.41) is 4.69. The number of ether oxygens (including phenoxy) is 4. The maximum Gasteiger partial charge on any atom is 0.277 e. The summed E-state index contributed by atoms with van der Waals surface area (Å²) >= 11 is 5.93.